The smallest absolute Gasteiger partial charge is 0.870 e. The van der Waals surface area contributed by atoms with E-state index >= 15 is 0 Å². The number of hydroxylamine groups is 2. The Labute approximate surface area is 419 Å². The Morgan fingerprint density at radius 2 is 1.40 bits per heavy atom. The maximum atomic E-state index is 13.6. The van der Waals surface area contributed by atoms with Crippen LogP contribution in [0.1, 0.15) is 103 Å². The summed E-state index contributed by atoms with van der Waals surface area (Å²) in [4.78, 5) is 58.8. The molecule has 0 radical (unpaired) electrons. The fourth-order valence-electron chi connectivity index (χ4n) is 5.15. The summed E-state index contributed by atoms with van der Waals surface area (Å²) in [5, 5.41) is 35.2. The first-order valence-electron chi connectivity index (χ1n) is 20.1. The van der Waals surface area contributed by atoms with Crippen molar-refractivity contribution in [2.45, 2.75) is 86.6 Å². The van der Waals surface area contributed by atoms with Crippen LogP contribution in [0.2, 0.25) is 0 Å². The molecular formula is C47H59BrF2LiN7O10. The van der Waals surface area contributed by atoms with E-state index in [2.05, 4.69) is 39.9 Å². The fraction of sp³-hybridized carbons (Fsp3) is 0.532. The Bertz CT molecular complexity index is 2180. The minimum absolute atomic E-state index is 0. The molecule has 364 valence electrons. The van der Waals surface area contributed by atoms with E-state index in [0.29, 0.717) is 36.1 Å². The number of alkyl halides is 1. The number of nitrogens with zero attached hydrogens (tertiary/aromatic N) is 7. The summed E-state index contributed by atoms with van der Waals surface area (Å²) in [6.07, 6.45) is 1.50. The molecule has 2 N–H and O–H groups in total. The molecule has 17 nitrogen and oxygen atoms in total. The molecule has 0 saturated carbocycles. The summed E-state index contributed by atoms with van der Waals surface area (Å²) in [5.74, 6) is -2.32. The standard InChI is InChI=1S/C16H16FN3O2.C11H10FNO.C7H11NO2.C6H9NO2.C5H10O2.C2H2BrN.Li.H2O/c1-16(2,5-6-18)15(21)20-14(4-7-22-20)11-8-12(17)10-13(9-11)19-3;12-11-4-8(6-13)3-10(5-11)9-1-2-14-7-9;1-7(2,5-8-3)6(9)10-4;1-6(2,4-7-3)5(8)9;1-4(2)5(6)7-3;3-1-2-4;;/h8-10,14H,4-5,7H2,1-2H3;3-5,9H,1-2,7H2;5H2,1-2,4H3;4H2,1-2H3,(H,8,9);4H,1-3H3;1H2;;1H2/q;;;;;;+1;/p-1/t14-;9-;;;;;;/m01....../s1. The van der Waals surface area contributed by atoms with Crippen LogP contribution in [0.3, 0.4) is 0 Å². The summed E-state index contributed by atoms with van der Waals surface area (Å²) in [5.41, 5.74) is -0.452. The van der Waals surface area contributed by atoms with Crippen LogP contribution in [0, 0.1) is 87.5 Å². The van der Waals surface area contributed by atoms with Gasteiger partial charge < -0.3 is 34.5 Å². The molecule has 2 aromatic carbocycles. The van der Waals surface area contributed by atoms with Gasteiger partial charge in [-0.2, -0.15) is 15.8 Å². The SMILES string of the molecule is COC(=O)C(C)C.N#CCBr.N#Cc1cc(F)cc([C@@H]2CCOC2)c1.[C-]#[N+]CC(C)(C)C(=O)O.[C-]#[N+]CC(C)(C)C(=O)OC.[C-]#[N+]c1cc(F)cc([C@@H]2CCON2C(=O)C(C)(C)CC#N)c1.[Li+].[OH-]. The summed E-state index contributed by atoms with van der Waals surface area (Å²) < 4.78 is 40.8. The van der Waals surface area contributed by atoms with Gasteiger partial charge in [0.1, 0.15) is 22.5 Å². The quantitative estimate of drug-likeness (QED) is 0.124. The van der Waals surface area contributed by atoms with Gasteiger partial charge in [0.25, 0.3) is 5.91 Å². The molecule has 2 fully saturated rings. The Morgan fingerprint density at radius 1 is 0.853 bits per heavy atom. The van der Waals surface area contributed by atoms with Gasteiger partial charge in [-0.05, 0) is 89.4 Å². The van der Waals surface area contributed by atoms with Crippen molar-refractivity contribution in [3.63, 3.8) is 0 Å². The van der Waals surface area contributed by atoms with E-state index in [4.69, 9.17) is 50.2 Å². The third-order valence-corrected chi connectivity index (χ3v) is 9.32. The number of hydrogen-bond donors (Lipinski definition) is 1. The maximum Gasteiger partial charge on any atom is 1.00 e. The Morgan fingerprint density at radius 3 is 1.79 bits per heavy atom. The molecule has 2 aliphatic rings. The number of ether oxygens (including phenoxy) is 3. The van der Waals surface area contributed by atoms with Gasteiger partial charge in [0.2, 0.25) is 13.1 Å². The van der Waals surface area contributed by atoms with Gasteiger partial charge in [0.15, 0.2) is 5.69 Å². The first-order valence-corrected chi connectivity index (χ1v) is 21.2. The van der Waals surface area contributed by atoms with E-state index in [1.807, 2.05) is 18.2 Å². The van der Waals surface area contributed by atoms with E-state index in [9.17, 15) is 28.0 Å². The van der Waals surface area contributed by atoms with Gasteiger partial charge >= 0.3 is 36.8 Å². The number of carboxylic acids is 1. The number of amides is 1. The van der Waals surface area contributed by atoms with Crippen LogP contribution in [-0.4, -0.2) is 91.9 Å². The monoisotopic (exact) mass is 1010 g/mol. The third kappa shape index (κ3) is 25.8. The molecule has 1 amide bonds. The summed E-state index contributed by atoms with van der Waals surface area (Å²) in [7, 11) is 2.72. The van der Waals surface area contributed by atoms with E-state index in [1.165, 1.54) is 51.3 Å². The molecule has 2 heterocycles. The molecule has 0 spiro atoms. The van der Waals surface area contributed by atoms with Crippen LogP contribution in [-0.2, 0) is 38.2 Å². The first kappa shape index (κ1) is 68.7. The predicted octanol–water partition coefficient (Wildman–Crippen LogP) is 6.39. The second-order valence-corrected chi connectivity index (χ2v) is 17.0. The number of aliphatic carboxylic acids is 1. The third-order valence-electron chi connectivity index (χ3n) is 9.07. The minimum atomic E-state index is -0.918. The molecule has 2 aliphatic heterocycles. The Hall–Kier alpha value is -5.92. The van der Waals surface area contributed by atoms with E-state index in [0.717, 1.165) is 24.7 Å². The average Bonchev–Trinajstić information content (AvgIpc) is 4.00. The first-order chi connectivity index (χ1) is 30.8. The van der Waals surface area contributed by atoms with Gasteiger partial charge in [0, 0.05) is 25.4 Å². The molecule has 2 aromatic rings. The number of halogens is 3. The predicted molar refractivity (Wildman–Crippen MR) is 244 cm³/mol. The topological polar surface area (TPSA) is 243 Å². The van der Waals surface area contributed by atoms with Crippen molar-refractivity contribution in [2.75, 3.05) is 52.5 Å². The van der Waals surface area contributed by atoms with Gasteiger partial charge in [-0.15, -0.1) is 0 Å². The zero-order valence-corrected chi connectivity index (χ0v) is 42.1. The number of rotatable bonds is 9. The summed E-state index contributed by atoms with van der Waals surface area (Å²) in [6, 6.07) is 13.8. The largest absolute Gasteiger partial charge is 1.00 e. The van der Waals surface area contributed by atoms with Crippen LogP contribution in [0.4, 0.5) is 14.5 Å². The fourth-order valence-corrected chi connectivity index (χ4v) is 5.15. The second-order valence-electron chi connectivity index (χ2n) is 16.5. The minimum Gasteiger partial charge on any atom is -0.870 e. The summed E-state index contributed by atoms with van der Waals surface area (Å²) in [6.45, 7) is 35.3. The number of carbonyl (C=O) groups excluding carboxylic acids is 3. The normalized spacial score (nSPS) is 14.1. The van der Waals surface area contributed by atoms with E-state index in [1.54, 1.807) is 53.7 Å². The second kappa shape index (κ2) is 35.3. The van der Waals surface area contributed by atoms with Crippen LogP contribution in [0.5, 0.6) is 0 Å². The average molecular weight is 1010 g/mol. The molecule has 0 unspecified atom stereocenters. The number of esters is 2. The van der Waals surface area contributed by atoms with Gasteiger partial charge in [-0.25, -0.2) is 31.8 Å². The maximum absolute atomic E-state index is 13.6. The number of methoxy groups -OCH3 is 2. The zero-order valence-electron chi connectivity index (χ0n) is 40.5. The molecule has 0 aliphatic carbocycles. The number of carboxylic acid groups (broad SMARTS) is 1. The van der Waals surface area contributed by atoms with Gasteiger partial charge in [0.05, 0.1) is 80.5 Å². The van der Waals surface area contributed by atoms with Crippen LogP contribution >= 0.6 is 15.9 Å². The molecule has 4 rings (SSSR count). The van der Waals surface area contributed by atoms with Crippen LogP contribution in [0.25, 0.3) is 14.5 Å². The van der Waals surface area contributed by atoms with Crippen molar-refractivity contribution in [3.8, 4) is 18.2 Å². The Kier molecular flexibility index (Phi) is 35.6. The number of carbonyl (C=O) groups is 4. The number of hydrogen-bond acceptors (Lipinski definition) is 12. The number of nitriles is 3. The molecule has 0 bridgehead atoms. The summed E-state index contributed by atoms with van der Waals surface area (Å²) >= 11 is 2.89. The van der Waals surface area contributed by atoms with Gasteiger partial charge in [-0.3, -0.25) is 24.0 Å². The van der Waals surface area contributed by atoms with Crippen molar-refractivity contribution in [2.24, 2.45) is 22.2 Å². The molecule has 0 aromatic heterocycles. The van der Waals surface area contributed by atoms with Crippen LogP contribution in [0.15, 0.2) is 36.4 Å². The van der Waals surface area contributed by atoms with Crippen LogP contribution < -0.4 is 18.9 Å². The van der Waals surface area contributed by atoms with Gasteiger partial charge in [-0.1, -0.05) is 35.8 Å². The van der Waals surface area contributed by atoms with Crippen molar-refractivity contribution >= 4 is 45.4 Å². The van der Waals surface area contributed by atoms with Crippen molar-refractivity contribution < 1.29 is 76.5 Å². The van der Waals surface area contributed by atoms with Crippen molar-refractivity contribution in [1.82, 2.24) is 5.06 Å². The molecular weight excluding hydrogens is 947 g/mol. The zero-order chi connectivity index (χ0) is 51.3. The van der Waals surface area contributed by atoms with E-state index in [-0.39, 0.29) is 85.0 Å². The molecule has 21 heteroatoms. The van der Waals surface area contributed by atoms with Crippen molar-refractivity contribution in [3.05, 3.63) is 99.0 Å². The van der Waals surface area contributed by atoms with Crippen molar-refractivity contribution in [1.29, 1.82) is 15.8 Å². The molecule has 2 saturated heterocycles. The van der Waals surface area contributed by atoms with E-state index < -0.39 is 34.1 Å². The number of benzene rings is 2. The Balaban J connectivity index is -0.000000388. The molecule has 2 atom stereocenters. The molecule has 68 heavy (non-hydrogen) atoms.